The van der Waals surface area contributed by atoms with Crippen LogP contribution in [0.3, 0.4) is 0 Å². The number of fused-ring (bicyclic) bond motifs is 1. The molecule has 1 aliphatic rings. The van der Waals surface area contributed by atoms with Crippen LogP contribution >= 0.6 is 0 Å². The quantitative estimate of drug-likeness (QED) is 0.510. The van der Waals surface area contributed by atoms with Crippen molar-refractivity contribution in [2.24, 2.45) is 0 Å². The molecule has 1 aliphatic carbocycles. The van der Waals surface area contributed by atoms with E-state index in [1.807, 2.05) is 19.9 Å². The lowest BCUT2D eigenvalue weighted by Crippen LogP contribution is -2.35. The molecule has 0 radical (unpaired) electrons. The van der Waals surface area contributed by atoms with Gasteiger partial charge < -0.3 is 19.2 Å². The number of carbonyl (C=O) groups is 1. The second-order valence-corrected chi connectivity index (χ2v) is 10.1. The van der Waals surface area contributed by atoms with Gasteiger partial charge in [-0.3, -0.25) is 4.79 Å². The largest absolute Gasteiger partial charge is 0.456 e. The van der Waals surface area contributed by atoms with Gasteiger partial charge in [-0.1, -0.05) is 39.8 Å². The number of amides is 1. The molecule has 5 heteroatoms. The number of hydrogen-bond donors (Lipinski definition) is 1. The molecule has 1 N–H and O–H groups in total. The van der Waals surface area contributed by atoms with Crippen LogP contribution in [0.15, 0.2) is 28.7 Å². The summed E-state index contributed by atoms with van der Waals surface area (Å²) in [5, 5.41) is 2.84. The minimum Gasteiger partial charge on any atom is -0.456 e. The zero-order valence-electron chi connectivity index (χ0n) is 20.8. The van der Waals surface area contributed by atoms with Gasteiger partial charge in [-0.15, -0.1) is 0 Å². The van der Waals surface area contributed by atoms with Gasteiger partial charge in [0.15, 0.2) is 12.1 Å². The number of carbonyl (C=O) groups excluding carboxylic acids is 1. The monoisotopic (exact) mass is 441 g/mol. The zero-order chi connectivity index (χ0) is 23.5. The molecule has 3 rings (SSSR count). The second kappa shape index (κ2) is 9.80. The molecular formula is C27H39NO4. The van der Waals surface area contributed by atoms with E-state index in [-0.39, 0.29) is 23.3 Å². The Kier molecular flexibility index (Phi) is 7.51. The van der Waals surface area contributed by atoms with Gasteiger partial charge in [0, 0.05) is 19.6 Å². The van der Waals surface area contributed by atoms with Gasteiger partial charge in [0.25, 0.3) is 5.91 Å². The smallest absolute Gasteiger partial charge is 0.287 e. The van der Waals surface area contributed by atoms with Crippen molar-refractivity contribution >= 4 is 5.91 Å². The fraction of sp³-hybridized carbons (Fsp3) is 0.593. The average Bonchev–Trinajstić information content (AvgIpc) is 3.20. The molecule has 0 unspecified atom stereocenters. The minimum absolute atomic E-state index is 0.166. The van der Waals surface area contributed by atoms with Crippen molar-refractivity contribution in [1.82, 2.24) is 5.32 Å². The van der Waals surface area contributed by atoms with E-state index in [1.54, 1.807) is 6.07 Å². The summed E-state index contributed by atoms with van der Waals surface area (Å²) in [6.07, 6.45) is 2.61. The van der Waals surface area contributed by atoms with Crippen LogP contribution in [0.5, 0.6) is 0 Å². The van der Waals surface area contributed by atoms with Crippen molar-refractivity contribution in [3.8, 4) is 0 Å². The minimum atomic E-state index is -0.450. The molecule has 2 aromatic rings. The Bertz CT molecular complexity index is 935. The van der Waals surface area contributed by atoms with Gasteiger partial charge in [0.1, 0.15) is 5.76 Å². The van der Waals surface area contributed by atoms with Crippen LogP contribution in [0.4, 0.5) is 0 Å². The highest BCUT2D eigenvalue weighted by molar-refractivity contribution is 5.91. The van der Waals surface area contributed by atoms with E-state index in [4.69, 9.17) is 13.9 Å². The van der Waals surface area contributed by atoms with Crippen LogP contribution in [0.1, 0.15) is 93.0 Å². The molecule has 0 aliphatic heterocycles. The fourth-order valence-electron chi connectivity index (χ4n) is 4.54. The molecule has 32 heavy (non-hydrogen) atoms. The van der Waals surface area contributed by atoms with Gasteiger partial charge in [0.05, 0.1) is 6.54 Å². The first-order chi connectivity index (χ1) is 15.1. The van der Waals surface area contributed by atoms with E-state index >= 15 is 0 Å². The van der Waals surface area contributed by atoms with Crippen molar-refractivity contribution in [2.75, 3.05) is 19.8 Å². The van der Waals surface area contributed by atoms with Gasteiger partial charge in [-0.25, -0.2) is 0 Å². The zero-order valence-corrected chi connectivity index (χ0v) is 20.8. The Morgan fingerprint density at radius 2 is 1.62 bits per heavy atom. The number of furan rings is 1. The van der Waals surface area contributed by atoms with Crippen LogP contribution in [0.2, 0.25) is 0 Å². The summed E-state index contributed by atoms with van der Waals surface area (Å²) >= 11 is 0. The third kappa shape index (κ3) is 5.44. The normalized spacial score (nSPS) is 16.8. The van der Waals surface area contributed by atoms with Crippen LogP contribution in [-0.2, 0) is 26.7 Å². The summed E-state index contributed by atoms with van der Waals surface area (Å²) in [7, 11) is 0. The summed E-state index contributed by atoms with van der Waals surface area (Å²) in [6.45, 7) is 16.7. The molecule has 0 fully saturated rings. The lowest BCUT2D eigenvalue weighted by Gasteiger charge is -2.42. The first-order valence-electron chi connectivity index (χ1n) is 11.8. The Balaban J connectivity index is 1.74. The van der Waals surface area contributed by atoms with E-state index < -0.39 is 6.29 Å². The van der Waals surface area contributed by atoms with Crippen LogP contribution in [0, 0.1) is 6.92 Å². The van der Waals surface area contributed by atoms with Gasteiger partial charge in [0.2, 0.25) is 0 Å². The SMILES string of the molecule is CCOC(CNC(=O)c1ccc(Cc2cc3c(cc2C)C(C)(C)CCC3(C)C)o1)OCC. The molecule has 0 saturated carbocycles. The second-order valence-electron chi connectivity index (χ2n) is 10.1. The Hall–Kier alpha value is -2.11. The highest BCUT2D eigenvalue weighted by Gasteiger charge is 2.37. The first kappa shape index (κ1) is 24.5. The van der Waals surface area contributed by atoms with E-state index in [0.29, 0.717) is 25.4 Å². The number of nitrogens with one attached hydrogen (secondary N) is 1. The Morgan fingerprint density at radius 3 is 2.22 bits per heavy atom. The molecule has 1 amide bonds. The molecule has 0 saturated heterocycles. The molecule has 0 atom stereocenters. The molecule has 176 valence electrons. The predicted octanol–water partition coefficient (Wildman–Crippen LogP) is 5.66. The maximum Gasteiger partial charge on any atom is 0.287 e. The predicted molar refractivity (Wildman–Crippen MR) is 127 cm³/mol. The number of ether oxygens (including phenoxy) is 2. The fourth-order valence-corrected chi connectivity index (χ4v) is 4.54. The Labute approximate surface area is 192 Å². The van der Waals surface area contributed by atoms with Crippen LogP contribution < -0.4 is 5.32 Å². The van der Waals surface area contributed by atoms with E-state index in [0.717, 1.165) is 5.76 Å². The molecule has 1 aromatic carbocycles. The summed E-state index contributed by atoms with van der Waals surface area (Å²) in [4.78, 5) is 12.5. The highest BCUT2D eigenvalue weighted by atomic mass is 16.7. The summed E-state index contributed by atoms with van der Waals surface area (Å²) < 4.78 is 16.9. The van der Waals surface area contributed by atoms with E-state index in [2.05, 4.69) is 52.1 Å². The molecule has 5 nitrogen and oxygen atoms in total. The first-order valence-corrected chi connectivity index (χ1v) is 11.8. The van der Waals surface area contributed by atoms with E-state index in [1.165, 1.54) is 35.1 Å². The maximum atomic E-state index is 12.5. The lowest BCUT2D eigenvalue weighted by molar-refractivity contribution is -0.131. The molecule has 1 heterocycles. The highest BCUT2D eigenvalue weighted by Crippen LogP contribution is 2.46. The number of benzene rings is 1. The number of rotatable bonds is 9. The van der Waals surface area contributed by atoms with Crippen molar-refractivity contribution in [3.63, 3.8) is 0 Å². The topological polar surface area (TPSA) is 60.7 Å². The lowest BCUT2D eigenvalue weighted by atomic mass is 9.62. The molecule has 0 spiro atoms. The summed E-state index contributed by atoms with van der Waals surface area (Å²) in [6, 6.07) is 8.36. The van der Waals surface area contributed by atoms with Crippen molar-refractivity contribution in [1.29, 1.82) is 0 Å². The third-order valence-corrected chi connectivity index (χ3v) is 6.69. The van der Waals surface area contributed by atoms with Gasteiger partial charge >= 0.3 is 0 Å². The van der Waals surface area contributed by atoms with Gasteiger partial charge in [-0.05, 0) is 78.8 Å². The Morgan fingerprint density at radius 1 is 1.03 bits per heavy atom. The molecule has 0 bridgehead atoms. The maximum absolute atomic E-state index is 12.5. The van der Waals surface area contributed by atoms with Crippen molar-refractivity contribution in [3.05, 3.63) is 58.0 Å². The standard InChI is InChI=1S/C27H39NO4/c1-8-30-24(31-9-2)17-28-25(29)23-11-10-20(32-23)15-19-16-22-21(14-18(19)3)26(4,5)12-13-27(22,6)7/h10-11,14,16,24H,8-9,12-13,15,17H2,1-7H3,(H,28,29). The van der Waals surface area contributed by atoms with Crippen LogP contribution in [0.25, 0.3) is 0 Å². The summed E-state index contributed by atoms with van der Waals surface area (Å²) in [5.41, 5.74) is 5.80. The van der Waals surface area contributed by atoms with E-state index in [9.17, 15) is 4.79 Å². The number of hydrogen-bond acceptors (Lipinski definition) is 4. The van der Waals surface area contributed by atoms with Crippen molar-refractivity contribution < 1.29 is 18.7 Å². The van der Waals surface area contributed by atoms with Crippen molar-refractivity contribution in [2.45, 2.75) is 84.8 Å². The molecular weight excluding hydrogens is 402 g/mol. The number of aryl methyl sites for hydroxylation is 1. The summed E-state index contributed by atoms with van der Waals surface area (Å²) in [5.74, 6) is 0.840. The van der Waals surface area contributed by atoms with Gasteiger partial charge in [-0.2, -0.15) is 0 Å². The average molecular weight is 442 g/mol. The third-order valence-electron chi connectivity index (χ3n) is 6.69. The van der Waals surface area contributed by atoms with Crippen LogP contribution in [-0.4, -0.2) is 32.0 Å². The molecule has 1 aromatic heterocycles.